The fraction of sp³-hybridized carbons (Fsp3) is 0.889. The highest BCUT2D eigenvalue weighted by atomic mass is 16.7. The smallest absolute Gasteiger partial charge is 0.157 e. The molecule has 0 heterocycles. The highest BCUT2D eigenvalue weighted by Crippen LogP contribution is 2.05. The van der Waals surface area contributed by atoms with E-state index in [4.69, 9.17) is 9.47 Å². The summed E-state index contributed by atoms with van der Waals surface area (Å²) in [5.74, 6) is 0. The Hall–Kier alpha value is -0.0800. The summed E-state index contributed by atoms with van der Waals surface area (Å²) in [4.78, 5) is 0. The zero-order valence-corrected chi connectivity index (χ0v) is 7.64. The molecule has 0 aromatic carbocycles. The molecule has 0 saturated heterocycles. The first-order valence-electron chi connectivity index (χ1n) is 4.37. The lowest BCUT2D eigenvalue weighted by atomic mass is 10.2. The molecule has 0 fully saturated rings. The maximum absolute atomic E-state index is 5.33. The molecule has 2 heteroatoms. The average molecular weight is 159 g/mol. The van der Waals surface area contributed by atoms with Crippen LogP contribution in [0.25, 0.3) is 0 Å². The summed E-state index contributed by atoms with van der Waals surface area (Å²) in [6, 6.07) is 0. The molecule has 0 N–H and O–H groups in total. The van der Waals surface area contributed by atoms with Gasteiger partial charge in [0.05, 0.1) is 0 Å². The predicted octanol–water partition coefficient (Wildman–Crippen LogP) is 2.39. The molecule has 67 valence electrons. The van der Waals surface area contributed by atoms with E-state index in [0.29, 0.717) is 0 Å². The lowest BCUT2D eigenvalue weighted by molar-refractivity contribution is -0.139. The highest BCUT2D eigenvalue weighted by molar-refractivity contribution is 4.47. The van der Waals surface area contributed by atoms with Crippen LogP contribution in [0.4, 0.5) is 0 Å². The van der Waals surface area contributed by atoms with E-state index >= 15 is 0 Å². The van der Waals surface area contributed by atoms with Crippen LogP contribution in [-0.2, 0) is 9.47 Å². The first-order chi connectivity index (χ1) is 5.35. The van der Waals surface area contributed by atoms with Crippen molar-refractivity contribution < 1.29 is 9.47 Å². The number of ether oxygens (including phenoxy) is 2. The van der Waals surface area contributed by atoms with Crippen molar-refractivity contribution in [3.63, 3.8) is 0 Å². The molecule has 0 bridgehead atoms. The van der Waals surface area contributed by atoms with E-state index in [1.54, 1.807) is 0 Å². The van der Waals surface area contributed by atoms with Gasteiger partial charge in [0.25, 0.3) is 0 Å². The van der Waals surface area contributed by atoms with Gasteiger partial charge in [-0.15, -0.1) is 0 Å². The van der Waals surface area contributed by atoms with E-state index < -0.39 is 0 Å². The highest BCUT2D eigenvalue weighted by Gasteiger charge is 2.05. The van der Waals surface area contributed by atoms with Crippen LogP contribution < -0.4 is 0 Å². The summed E-state index contributed by atoms with van der Waals surface area (Å²) in [6.45, 7) is 9.18. The Balaban J connectivity index is 3.34. The third-order valence-corrected chi connectivity index (χ3v) is 1.39. The number of unbranched alkanes of at least 4 members (excludes halogenated alkanes) is 1. The van der Waals surface area contributed by atoms with Crippen LogP contribution in [0.3, 0.4) is 0 Å². The number of hydrogen-bond donors (Lipinski definition) is 0. The Morgan fingerprint density at radius 1 is 1.18 bits per heavy atom. The molecule has 0 aliphatic carbocycles. The molecule has 0 aliphatic rings. The van der Waals surface area contributed by atoms with Gasteiger partial charge in [0.1, 0.15) is 0 Å². The first-order valence-corrected chi connectivity index (χ1v) is 4.37. The topological polar surface area (TPSA) is 18.5 Å². The van der Waals surface area contributed by atoms with Crippen molar-refractivity contribution in [2.75, 3.05) is 13.2 Å². The Morgan fingerprint density at radius 2 is 1.73 bits per heavy atom. The van der Waals surface area contributed by atoms with Crippen molar-refractivity contribution >= 4 is 0 Å². The van der Waals surface area contributed by atoms with Crippen molar-refractivity contribution in [1.29, 1.82) is 0 Å². The van der Waals surface area contributed by atoms with E-state index in [0.717, 1.165) is 32.5 Å². The summed E-state index contributed by atoms with van der Waals surface area (Å²) in [6.07, 6.45) is 2.98. The van der Waals surface area contributed by atoms with Gasteiger partial charge in [0.2, 0.25) is 0 Å². The lowest BCUT2D eigenvalue weighted by Crippen LogP contribution is -2.16. The largest absolute Gasteiger partial charge is 0.353 e. The van der Waals surface area contributed by atoms with Gasteiger partial charge < -0.3 is 9.47 Å². The van der Waals surface area contributed by atoms with Crippen LogP contribution in [0.1, 0.15) is 33.1 Å². The molecular formula is C9H19O2. The Kier molecular flexibility index (Phi) is 7.96. The van der Waals surface area contributed by atoms with Gasteiger partial charge >= 0.3 is 0 Å². The predicted molar refractivity (Wildman–Crippen MR) is 46.2 cm³/mol. The van der Waals surface area contributed by atoms with Crippen LogP contribution in [-0.4, -0.2) is 19.5 Å². The second-order valence-electron chi connectivity index (χ2n) is 2.34. The second-order valence-corrected chi connectivity index (χ2v) is 2.34. The molecule has 0 unspecified atom stereocenters. The Bertz CT molecular complexity index is 68.0. The quantitative estimate of drug-likeness (QED) is 0.531. The summed E-state index contributed by atoms with van der Waals surface area (Å²) < 4.78 is 10.7. The molecule has 0 saturated carbocycles. The van der Waals surface area contributed by atoms with Crippen LogP contribution >= 0.6 is 0 Å². The molecule has 0 rings (SSSR count). The molecule has 2 nitrogen and oxygen atoms in total. The van der Waals surface area contributed by atoms with Gasteiger partial charge in [-0.25, -0.2) is 0 Å². The molecular weight excluding hydrogens is 140 g/mol. The number of rotatable bonds is 7. The van der Waals surface area contributed by atoms with E-state index in [1.165, 1.54) is 0 Å². The minimum atomic E-state index is -0.00764. The third-order valence-electron chi connectivity index (χ3n) is 1.39. The molecule has 0 aromatic rings. The zero-order chi connectivity index (χ0) is 8.53. The molecule has 0 aliphatic heterocycles. The second kappa shape index (κ2) is 8.02. The summed E-state index contributed by atoms with van der Waals surface area (Å²) in [7, 11) is 0. The fourth-order valence-corrected chi connectivity index (χ4v) is 0.898. The van der Waals surface area contributed by atoms with Crippen molar-refractivity contribution in [2.45, 2.75) is 39.4 Å². The SMILES string of the molecule is [CH2]CCCC(OCC)OCC. The molecule has 11 heavy (non-hydrogen) atoms. The average Bonchev–Trinajstić information content (AvgIpc) is 2.01. The molecule has 0 aromatic heterocycles. The monoisotopic (exact) mass is 159 g/mol. The lowest BCUT2D eigenvalue weighted by Gasteiger charge is -2.15. The van der Waals surface area contributed by atoms with Gasteiger partial charge in [-0.1, -0.05) is 13.3 Å². The zero-order valence-electron chi connectivity index (χ0n) is 7.64. The van der Waals surface area contributed by atoms with E-state index in [1.807, 2.05) is 13.8 Å². The van der Waals surface area contributed by atoms with Gasteiger partial charge in [0.15, 0.2) is 6.29 Å². The third kappa shape index (κ3) is 6.32. The Morgan fingerprint density at radius 3 is 2.09 bits per heavy atom. The van der Waals surface area contributed by atoms with Crippen LogP contribution in [0.2, 0.25) is 0 Å². The van der Waals surface area contributed by atoms with Gasteiger partial charge in [-0.3, -0.25) is 0 Å². The maximum atomic E-state index is 5.33. The number of hydrogen-bond acceptors (Lipinski definition) is 2. The van der Waals surface area contributed by atoms with Gasteiger partial charge in [0, 0.05) is 13.2 Å². The standard InChI is InChI=1S/C9H19O2/c1-4-7-8-9(10-5-2)11-6-3/h9H,1,4-8H2,2-3H3. The van der Waals surface area contributed by atoms with Crippen molar-refractivity contribution in [3.05, 3.63) is 6.92 Å². The fourth-order valence-electron chi connectivity index (χ4n) is 0.898. The van der Waals surface area contributed by atoms with Crippen molar-refractivity contribution in [1.82, 2.24) is 0 Å². The molecule has 0 spiro atoms. The van der Waals surface area contributed by atoms with Gasteiger partial charge in [-0.05, 0) is 26.7 Å². The van der Waals surface area contributed by atoms with E-state index in [2.05, 4.69) is 6.92 Å². The van der Waals surface area contributed by atoms with Crippen molar-refractivity contribution in [2.24, 2.45) is 0 Å². The summed E-state index contributed by atoms with van der Waals surface area (Å²) >= 11 is 0. The maximum Gasteiger partial charge on any atom is 0.157 e. The van der Waals surface area contributed by atoms with Crippen LogP contribution in [0.15, 0.2) is 0 Å². The minimum absolute atomic E-state index is 0.00764. The van der Waals surface area contributed by atoms with Crippen LogP contribution in [0, 0.1) is 6.92 Å². The summed E-state index contributed by atoms with van der Waals surface area (Å²) in [5.41, 5.74) is 0. The van der Waals surface area contributed by atoms with Gasteiger partial charge in [-0.2, -0.15) is 0 Å². The normalized spacial score (nSPS) is 10.9. The Labute approximate surface area is 69.9 Å². The summed E-state index contributed by atoms with van der Waals surface area (Å²) in [5, 5.41) is 0. The first kappa shape index (κ1) is 10.9. The minimum Gasteiger partial charge on any atom is -0.353 e. The molecule has 0 amide bonds. The van der Waals surface area contributed by atoms with E-state index in [9.17, 15) is 0 Å². The van der Waals surface area contributed by atoms with Crippen LogP contribution in [0.5, 0.6) is 0 Å². The van der Waals surface area contributed by atoms with Crippen molar-refractivity contribution in [3.8, 4) is 0 Å². The molecule has 0 atom stereocenters. The van der Waals surface area contributed by atoms with E-state index in [-0.39, 0.29) is 6.29 Å². The molecule has 1 radical (unpaired) electrons.